The molecule has 0 aliphatic carbocycles. The van der Waals surface area contributed by atoms with Gasteiger partial charge in [-0.3, -0.25) is 0 Å². The fourth-order valence-corrected chi connectivity index (χ4v) is 2.17. The number of thioether (sulfide) groups is 1. The molecule has 1 aromatic rings. The molecule has 4 heteroatoms. The summed E-state index contributed by atoms with van der Waals surface area (Å²) in [5.41, 5.74) is 0.891. The normalized spacial score (nSPS) is 11.0. The molecule has 0 spiro atoms. The predicted molar refractivity (Wildman–Crippen MR) is 81.4 cm³/mol. The zero-order valence-corrected chi connectivity index (χ0v) is 12.9. The molecule has 0 radical (unpaired) electrons. The van der Waals surface area contributed by atoms with Gasteiger partial charge in [0.05, 0.1) is 6.61 Å². The van der Waals surface area contributed by atoms with Gasteiger partial charge >= 0.3 is 0 Å². The van der Waals surface area contributed by atoms with Crippen LogP contribution in [0.1, 0.15) is 26.3 Å². The third kappa shape index (κ3) is 6.83. The minimum atomic E-state index is -0.211. The lowest BCUT2D eigenvalue weighted by Crippen LogP contribution is -2.19. The van der Waals surface area contributed by atoms with Gasteiger partial charge in [0.15, 0.2) is 0 Å². The van der Waals surface area contributed by atoms with Crippen LogP contribution < -0.4 is 10.1 Å². The van der Waals surface area contributed by atoms with Crippen molar-refractivity contribution in [2.24, 2.45) is 5.92 Å². The first-order valence-corrected chi connectivity index (χ1v) is 7.98. The lowest BCUT2D eigenvalue weighted by Gasteiger charge is -2.13. The van der Waals surface area contributed by atoms with Gasteiger partial charge in [-0.25, -0.2) is 4.39 Å². The molecule has 0 aliphatic heterocycles. The first-order chi connectivity index (χ1) is 9.13. The summed E-state index contributed by atoms with van der Waals surface area (Å²) in [6.45, 7) is 8.66. The molecule has 1 N–H and O–H groups in total. The van der Waals surface area contributed by atoms with Crippen molar-refractivity contribution < 1.29 is 9.13 Å². The van der Waals surface area contributed by atoms with Crippen LogP contribution in [0.25, 0.3) is 0 Å². The van der Waals surface area contributed by atoms with Gasteiger partial charge in [0.1, 0.15) is 11.6 Å². The predicted octanol–water partition coefficient (Wildman–Crippen LogP) is 3.70. The Hall–Kier alpha value is -0.740. The summed E-state index contributed by atoms with van der Waals surface area (Å²) < 4.78 is 19.0. The molecule has 0 unspecified atom stereocenters. The van der Waals surface area contributed by atoms with Gasteiger partial charge in [-0.1, -0.05) is 20.8 Å². The maximum Gasteiger partial charge on any atom is 0.124 e. The Morgan fingerprint density at radius 3 is 2.84 bits per heavy atom. The highest BCUT2D eigenvalue weighted by atomic mass is 32.2. The van der Waals surface area contributed by atoms with E-state index >= 15 is 0 Å². The highest BCUT2D eigenvalue weighted by Crippen LogP contribution is 2.20. The van der Waals surface area contributed by atoms with Crippen LogP contribution in [0, 0.1) is 11.7 Å². The van der Waals surface area contributed by atoms with Gasteiger partial charge in [-0.05, 0) is 36.4 Å². The van der Waals surface area contributed by atoms with Crippen LogP contribution in [0.15, 0.2) is 18.2 Å². The second kappa shape index (κ2) is 9.21. The minimum absolute atomic E-state index is 0.211. The molecular weight excluding hydrogens is 261 g/mol. The standard InChI is InChI=1S/C15H24FNOS/c1-4-19-8-7-18-15-6-5-14(16)9-13(15)11-17-10-12(2)3/h5-6,9,12,17H,4,7-8,10-11H2,1-3H3. The van der Waals surface area contributed by atoms with Crippen LogP contribution in [-0.4, -0.2) is 24.7 Å². The monoisotopic (exact) mass is 285 g/mol. The van der Waals surface area contributed by atoms with Crippen LogP contribution in [0.2, 0.25) is 0 Å². The number of nitrogens with one attached hydrogen (secondary N) is 1. The second-order valence-electron chi connectivity index (χ2n) is 4.82. The van der Waals surface area contributed by atoms with E-state index in [0.717, 1.165) is 29.4 Å². The van der Waals surface area contributed by atoms with Crippen molar-refractivity contribution in [1.29, 1.82) is 0 Å². The van der Waals surface area contributed by atoms with E-state index in [1.165, 1.54) is 6.07 Å². The van der Waals surface area contributed by atoms with E-state index in [1.54, 1.807) is 12.1 Å². The largest absolute Gasteiger partial charge is 0.492 e. The number of hydrogen-bond donors (Lipinski definition) is 1. The fraction of sp³-hybridized carbons (Fsp3) is 0.600. The Morgan fingerprint density at radius 1 is 1.37 bits per heavy atom. The summed E-state index contributed by atoms with van der Waals surface area (Å²) in [6.07, 6.45) is 0. The molecule has 0 amide bonds. The number of ether oxygens (including phenoxy) is 1. The van der Waals surface area contributed by atoms with Crippen LogP contribution >= 0.6 is 11.8 Å². The fourth-order valence-electron chi connectivity index (χ4n) is 1.68. The van der Waals surface area contributed by atoms with Crippen molar-refractivity contribution >= 4 is 11.8 Å². The van der Waals surface area contributed by atoms with Gasteiger partial charge in [0.2, 0.25) is 0 Å². The van der Waals surface area contributed by atoms with E-state index in [1.807, 2.05) is 11.8 Å². The van der Waals surface area contributed by atoms with Crippen LogP contribution in [0.5, 0.6) is 5.75 Å². The lowest BCUT2D eigenvalue weighted by atomic mass is 10.1. The highest BCUT2D eigenvalue weighted by molar-refractivity contribution is 7.99. The van der Waals surface area contributed by atoms with E-state index in [-0.39, 0.29) is 5.82 Å². The zero-order chi connectivity index (χ0) is 14.1. The molecule has 0 atom stereocenters. The molecule has 19 heavy (non-hydrogen) atoms. The second-order valence-corrected chi connectivity index (χ2v) is 6.22. The summed E-state index contributed by atoms with van der Waals surface area (Å²) in [4.78, 5) is 0. The number of rotatable bonds is 9. The van der Waals surface area contributed by atoms with Gasteiger partial charge < -0.3 is 10.1 Å². The molecule has 0 aliphatic rings. The van der Waals surface area contributed by atoms with E-state index in [0.29, 0.717) is 19.1 Å². The van der Waals surface area contributed by atoms with E-state index in [4.69, 9.17) is 4.74 Å². The van der Waals surface area contributed by atoms with Crippen LogP contribution in [-0.2, 0) is 6.54 Å². The Morgan fingerprint density at radius 2 is 2.16 bits per heavy atom. The summed E-state index contributed by atoms with van der Waals surface area (Å²) in [5, 5.41) is 3.32. The molecule has 1 aromatic carbocycles. The molecule has 0 saturated carbocycles. The molecule has 0 fully saturated rings. The van der Waals surface area contributed by atoms with Crippen molar-refractivity contribution in [2.45, 2.75) is 27.3 Å². The average molecular weight is 285 g/mol. The third-order valence-electron chi connectivity index (χ3n) is 2.58. The number of benzene rings is 1. The molecule has 0 heterocycles. The van der Waals surface area contributed by atoms with Crippen molar-refractivity contribution in [2.75, 3.05) is 24.7 Å². The highest BCUT2D eigenvalue weighted by Gasteiger charge is 2.06. The van der Waals surface area contributed by atoms with Gasteiger partial charge in [0.25, 0.3) is 0 Å². The molecular formula is C15H24FNOS. The average Bonchev–Trinajstić information content (AvgIpc) is 2.36. The summed E-state index contributed by atoms with van der Waals surface area (Å²) in [6, 6.07) is 4.72. The van der Waals surface area contributed by atoms with E-state index in [9.17, 15) is 4.39 Å². The van der Waals surface area contributed by atoms with Crippen molar-refractivity contribution in [3.63, 3.8) is 0 Å². The minimum Gasteiger partial charge on any atom is -0.492 e. The van der Waals surface area contributed by atoms with Crippen molar-refractivity contribution in [3.8, 4) is 5.75 Å². The van der Waals surface area contributed by atoms with Gasteiger partial charge in [-0.15, -0.1) is 0 Å². The zero-order valence-electron chi connectivity index (χ0n) is 12.0. The van der Waals surface area contributed by atoms with Crippen LogP contribution in [0.4, 0.5) is 4.39 Å². The van der Waals surface area contributed by atoms with Gasteiger partial charge in [0, 0.05) is 17.9 Å². The van der Waals surface area contributed by atoms with E-state index < -0.39 is 0 Å². The first kappa shape index (κ1) is 16.3. The lowest BCUT2D eigenvalue weighted by molar-refractivity contribution is 0.338. The molecule has 108 valence electrons. The SMILES string of the molecule is CCSCCOc1ccc(F)cc1CNCC(C)C. The molecule has 0 bridgehead atoms. The Kier molecular flexibility index (Phi) is 7.91. The molecule has 2 nitrogen and oxygen atoms in total. The summed E-state index contributed by atoms with van der Waals surface area (Å²) in [5.74, 6) is 3.22. The maximum atomic E-state index is 13.3. The third-order valence-corrected chi connectivity index (χ3v) is 3.44. The van der Waals surface area contributed by atoms with E-state index in [2.05, 4.69) is 26.1 Å². The molecule has 0 aromatic heterocycles. The van der Waals surface area contributed by atoms with Crippen molar-refractivity contribution in [3.05, 3.63) is 29.6 Å². The Bertz CT molecular complexity index is 371. The Balaban J connectivity index is 2.53. The molecule has 1 rings (SSSR count). The topological polar surface area (TPSA) is 21.3 Å². The number of halogens is 1. The maximum absolute atomic E-state index is 13.3. The summed E-state index contributed by atoms with van der Waals surface area (Å²) in [7, 11) is 0. The van der Waals surface area contributed by atoms with Crippen LogP contribution in [0.3, 0.4) is 0 Å². The summed E-state index contributed by atoms with van der Waals surface area (Å²) >= 11 is 1.84. The quantitative estimate of drug-likeness (QED) is 0.699. The van der Waals surface area contributed by atoms with Gasteiger partial charge in [-0.2, -0.15) is 11.8 Å². The Labute approximate surface area is 120 Å². The first-order valence-electron chi connectivity index (χ1n) is 6.83. The van der Waals surface area contributed by atoms with Crippen molar-refractivity contribution in [1.82, 2.24) is 5.32 Å². The smallest absolute Gasteiger partial charge is 0.124 e. The molecule has 0 saturated heterocycles. The number of hydrogen-bond acceptors (Lipinski definition) is 3.